The van der Waals surface area contributed by atoms with E-state index in [2.05, 4.69) is 59.0 Å². The van der Waals surface area contributed by atoms with Crippen molar-refractivity contribution < 1.29 is 4.74 Å². The predicted molar refractivity (Wildman–Crippen MR) is 84.8 cm³/mol. The minimum absolute atomic E-state index is 0.0586. The average Bonchev–Trinajstić information content (AvgIpc) is 2.45. The minimum atomic E-state index is -0.170. The second kappa shape index (κ2) is 6.86. The fraction of sp³-hybridized carbons (Fsp3) is 0.312. The van der Waals surface area contributed by atoms with E-state index in [1.54, 1.807) is 12.4 Å². The van der Waals surface area contributed by atoms with Crippen LogP contribution in [0.4, 0.5) is 0 Å². The van der Waals surface area contributed by atoms with Crippen molar-refractivity contribution in [1.82, 2.24) is 4.98 Å². The van der Waals surface area contributed by atoms with Crippen LogP contribution in [0.3, 0.4) is 0 Å². The van der Waals surface area contributed by atoms with E-state index in [1.807, 2.05) is 6.07 Å². The molecule has 0 aliphatic heterocycles. The van der Waals surface area contributed by atoms with Crippen molar-refractivity contribution in [2.24, 2.45) is 5.73 Å². The van der Waals surface area contributed by atoms with Crippen LogP contribution in [0.1, 0.15) is 30.6 Å². The molecule has 0 saturated carbocycles. The lowest BCUT2D eigenvalue weighted by molar-refractivity contribution is 0.170. The lowest BCUT2D eigenvalue weighted by Gasteiger charge is -2.24. The molecular formula is C16H19BrN2O. The van der Waals surface area contributed by atoms with Gasteiger partial charge in [-0.15, -0.1) is 0 Å². The fourth-order valence-electron chi connectivity index (χ4n) is 1.98. The van der Waals surface area contributed by atoms with Crippen LogP contribution in [0.2, 0.25) is 0 Å². The van der Waals surface area contributed by atoms with E-state index in [9.17, 15) is 0 Å². The Morgan fingerprint density at radius 2 is 1.95 bits per heavy atom. The van der Waals surface area contributed by atoms with Crippen LogP contribution in [0.5, 0.6) is 5.75 Å². The van der Waals surface area contributed by atoms with Gasteiger partial charge < -0.3 is 10.5 Å². The maximum absolute atomic E-state index is 6.22. The summed E-state index contributed by atoms with van der Waals surface area (Å²) in [5.74, 6) is 0.717. The summed E-state index contributed by atoms with van der Waals surface area (Å²) in [4.78, 5) is 4.12. The van der Waals surface area contributed by atoms with Gasteiger partial charge in [-0.3, -0.25) is 4.98 Å². The molecule has 2 N–H and O–H groups in total. The maximum atomic E-state index is 6.22. The molecule has 0 aliphatic rings. The number of hydrogen-bond donors (Lipinski definition) is 1. The fourth-order valence-corrected chi connectivity index (χ4v) is 2.32. The highest BCUT2D eigenvalue weighted by molar-refractivity contribution is 9.10. The van der Waals surface area contributed by atoms with E-state index in [0.29, 0.717) is 5.75 Å². The van der Waals surface area contributed by atoms with Crippen LogP contribution in [-0.2, 0) is 0 Å². The van der Waals surface area contributed by atoms with Crippen molar-refractivity contribution >= 4 is 15.9 Å². The number of benzene rings is 1. The zero-order chi connectivity index (χ0) is 14.5. The van der Waals surface area contributed by atoms with E-state index < -0.39 is 0 Å². The number of ether oxygens (including phenoxy) is 1. The number of nitrogens with zero attached hydrogens (tertiary/aromatic N) is 1. The molecule has 2 rings (SSSR count). The Morgan fingerprint density at radius 1 is 1.25 bits per heavy atom. The third-order valence-corrected chi connectivity index (χ3v) is 3.64. The largest absolute Gasteiger partial charge is 0.482 e. The van der Waals surface area contributed by atoms with Crippen molar-refractivity contribution in [3.05, 3.63) is 58.3 Å². The summed E-state index contributed by atoms with van der Waals surface area (Å²) < 4.78 is 6.95. The Bertz CT molecular complexity index is 557. The highest BCUT2D eigenvalue weighted by Gasteiger charge is 2.20. The first-order valence-corrected chi connectivity index (χ1v) is 7.48. The van der Waals surface area contributed by atoms with Crippen molar-refractivity contribution in [2.45, 2.75) is 32.4 Å². The van der Waals surface area contributed by atoms with Crippen molar-refractivity contribution in [1.29, 1.82) is 0 Å². The molecule has 1 aromatic heterocycles. The van der Waals surface area contributed by atoms with Gasteiger partial charge in [-0.1, -0.05) is 36.8 Å². The number of halogens is 1. The molecule has 0 fully saturated rings. The highest BCUT2D eigenvalue weighted by atomic mass is 79.9. The second-order valence-corrected chi connectivity index (χ2v) is 5.78. The van der Waals surface area contributed by atoms with Gasteiger partial charge in [0.25, 0.3) is 0 Å². The molecule has 1 aromatic carbocycles. The summed E-state index contributed by atoms with van der Waals surface area (Å²) in [5.41, 5.74) is 8.53. The Labute approximate surface area is 128 Å². The van der Waals surface area contributed by atoms with Gasteiger partial charge in [-0.2, -0.15) is 0 Å². The highest BCUT2D eigenvalue weighted by Crippen LogP contribution is 2.26. The second-order valence-electron chi connectivity index (χ2n) is 4.86. The Morgan fingerprint density at radius 3 is 2.55 bits per heavy atom. The molecule has 0 radical (unpaired) electrons. The smallest absolute Gasteiger partial charge is 0.139 e. The lowest BCUT2D eigenvalue weighted by atomic mass is 10.00. The SMILES string of the molecule is CCC(N)C(Oc1cncc(Br)c1)c1ccc(C)cc1. The zero-order valence-corrected chi connectivity index (χ0v) is 13.3. The van der Waals surface area contributed by atoms with Crippen LogP contribution in [0, 0.1) is 6.92 Å². The maximum Gasteiger partial charge on any atom is 0.139 e. The number of pyridine rings is 1. The lowest BCUT2D eigenvalue weighted by Crippen LogP contribution is -2.31. The zero-order valence-electron chi connectivity index (χ0n) is 11.7. The van der Waals surface area contributed by atoms with Crippen molar-refractivity contribution in [3.8, 4) is 5.75 Å². The quantitative estimate of drug-likeness (QED) is 0.898. The van der Waals surface area contributed by atoms with Crippen LogP contribution in [0.15, 0.2) is 47.2 Å². The monoisotopic (exact) mass is 334 g/mol. The van der Waals surface area contributed by atoms with Gasteiger partial charge in [0.2, 0.25) is 0 Å². The minimum Gasteiger partial charge on any atom is -0.482 e. The molecular weight excluding hydrogens is 316 g/mol. The van der Waals surface area contributed by atoms with E-state index in [0.717, 1.165) is 16.5 Å². The van der Waals surface area contributed by atoms with E-state index >= 15 is 0 Å². The summed E-state index contributed by atoms with van der Waals surface area (Å²) in [6.07, 6.45) is 4.11. The topological polar surface area (TPSA) is 48.1 Å². The van der Waals surface area contributed by atoms with Crippen LogP contribution >= 0.6 is 15.9 Å². The molecule has 2 aromatic rings. The Kier molecular flexibility index (Phi) is 5.15. The van der Waals surface area contributed by atoms with Gasteiger partial charge in [0.05, 0.1) is 6.20 Å². The van der Waals surface area contributed by atoms with Gasteiger partial charge >= 0.3 is 0 Å². The van der Waals surface area contributed by atoms with Crippen LogP contribution in [-0.4, -0.2) is 11.0 Å². The molecule has 1 heterocycles. The first kappa shape index (κ1) is 15.0. The number of aryl methyl sites for hydroxylation is 1. The van der Waals surface area contributed by atoms with E-state index in [1.165, 1.54) is 5.56 Å². The normalized spacial score (nSPS) is 13.8. The molecule has 2 atom stereocenters. The first-order valence-electron chi connectivity index (χ1n) is 6.69. The summed E-state index contributed by atoms with van der Waals surface area (Å²) in [7, 11) is 0. The number of hydrogen-bond acceptors (Lipinski definition) is 3. The van der Waals surface area contributed by atoms with Crippen molar-refractivity contribution in [3.63, 3.8) is 0 Å². The van der Waals surface area contributed by atoms with Crippen LogP contribution < -0.4 is 10.5 Å². The molecule has 20 heavy (non-hydrogen) atoms. The summed E-state index contributed by atoms with van der Waals surface area (Å²) >= 11 is 3.40. The summed E-state index contributed by atoms with van der Waals surface area (Å²) in [5, 5.41) is 0. The third-order valence-electron chi connectivity index (χ3n) is 3.21. The van der Waals surface area contributed by atoms with Crippen LogP contribution in [0.25, 0.3) is 0 Å². The molecule has 0 bridgehead atoms. The molecule has 0 amide bonds. The van der Waals surface area contributed by atoms with E-state index in [4.69, 9.17) is 10.5 Å². The van der Waals surface area contributed by atoms with E-state index in [-0.39, 0.29) is 12.1 Å². The number of nitrogens with two attached hydrogens (primary N) is 1. The number of aromatic nitrogens is 1. The van der Waals surface area contributed by atoms with Gasteiger partial charge in [-0.05, 0) is 40.9 Å². The first-order chi connectivity index (χ1) is 9.60. The molecule has 0 saturated heterocycles. The third kappa shape index (κ3) is 3.81. The van der Waals surface area contributed by atoms with Crippen molar-refractivity contribution in [2.75, 3.05) is 0 Å². The van der Waals surface area contributed by atoms with Gasteiger partial charge in [0.15, 0.2) is 0 Å². The molecule has 2 unspecified atom stereocenters. The average molecular weight is 335 g/mol. The molecule has 4 heteroatoms. The molecule has 0 spiro atoms. The standard InChI is InChI=1S/C16H19BrN2O/c1-3-15(18)16(12-6-4-11(2)5-7-12)20-14-8-13(17)9-19-10-14/h4-10,15-16H,3,18H2,1-2H3. The summed E-state index contributed by atoms with van der Waals surface area (Å²) in [6, 6.07) is 10.1. The van der Waals surface area contributed by atoms with Gasteiger partial charge in [0.1, 0.15) is 11.9 Å². The molecule has 0 aliphatic carbocycles. The van der Waals surface area contributed by atoms with Gasteiger partial charge in [-0.25, -0.2) is 0 Å². The Balaban J connectivity index is 2.26. The number of rotatable bonds is 5. The summed E-state index contributed by atoms with van der Waals surface area (Å²) in [6.45, 7) is 4.13. The predicted octanol–water partition coefficient (Wildman–Crippen LogP) is 4.01. The molecule has 106 valence electrons. The molecule has 3 nitrogen and oxygen atoms in total. The Hall–Kier alpha value is -1.39. The van der Waals surface area contributed by atoms with Gasteiger partial charge in [0, 0.05) is 16.7 Å².